The summed E-state index contributed by atoms with van der Waals surface area (Å²) in [5, 5.41) is 16.0. The number of rotatable bonds is 10. The molecule has 2 aliphatic heterocycles. The Morgan fingerprint density at radius 1 is 0.952 bits per heavy atom. The van der Waals surface area contributed by atoms with E-state index in [1.807, 2.05) is 0 Å². The van der Waals surface area contributed by atoms with Gasteiger partial charge in [0.05, 0.1) is 35.0 Å². The summed E-state index contributed by atoms with van der Waals surface area (Å²) in [7, 11) is 0. The number of ketones is 1. The molecule has 3 aromatic carbocycles. The van der Waals surface area contributed by atoms with Gasteiger partial charge < -0.3 is 20.6 Å². The van der Waals surface area contributed by atoms with Crippen LogP contribution in [0.4, 0.5) is 10.5 Å². The number of Topliss-reactive ketones (excluding diaryl/α,β-unsaturated/α-hetero) is 1. The minimum Gasteiger partial charge on any atom is -0.478 e. The Morgan fingerprint density at radius 3 is 2.24 bits per heavy atom. The molecule has 1 unspecified atom stereocenters. The van der Waals surface area contributed by atoms with Crippen molar-refractivity contribution in [2.24, 2.45) is 0 Å². The topological polar surface area (TPSA) is 136 Å². The van der Waals surface area contributed by atoms with Gasteiger partial charge in [-0.2, -0.15) is 0 Å². The predicted octanol–water partition coefficient (Wildman–Crippen LogP) is 4.43. The van der Waals surface area contributed by atoms with Crippen LogP contribution in [-0.2, 0) is 4.79 Å². The number of anilines is 1. The van der Waals surface area contributed by atoms with Crippen LogP contribution in [0.5, 0.6) is 0 Å². The molecule has 0 aromatic heterocycles. The van der Waals surface area contributed by atoms with Gasteiger partial charge in [-0.15, -0.1) is 0 Å². The maximum atomic E-state index is 12.9. The third-order valence-electron chi connectivity index (χ3n) is 7.22. The van der Waals surface area contributed by atoms with Gasteiger partial charge in [0.1, 0.15) is 0 Å². The molecule has 42 heavy (non-hydrogen) atoms. The van der Waals surface area contributed by atoms with Gasteiger partial charge in [0.15, 0.2) is 5.78 Å². The maximum absolute atomic E-state index is 12.9. The van der Waals surface area contributed by atoms with E-state index in [-0.39, 0.29) is 30.1 Å². The standard InChI is InChI=1S/C31H27ClN4O6/c1-18-26(30(40)41)27(20-6-4-7-21(32)16-20)35(31(42)34-18)15-5-14-33-17-25(37)19-10-12-22(13-11-19)36-28(38)23-8-2-3-9-24(23)29(36)39/h2-4,6-13,16,27,33H,5,14-15,17H2,1H3,(H,34,42)(H,40,41). The average Bonchev–Trinajstić information content (AvgIpc) is 3.22. The summed E-state index contributed by atoms with van der Waals surface area (Å²) in [5.74, 6) is -2.14. The molecule has 2 aliphatic rings. The molecule has 4 amide bonds. The first-order valence-electron chi connectivity index (χ1n) is 13.3. The van der Waals surface area contributed by atoms with Crippen molar-refractivity contribution < 1.29 is 29.1 Å². The number of carbonyl (C=O) groups is 5. The van der Waals surface area contributed by atoms with E-state index in [4.69, 9.17) is 11.6 Å². The highest BCUT2D eigenvalue weighted by Crippen LogP contribution is 2.35. The zero-order valence-corrected chi connectivity index (χ0v) is 23.4. The predicted molar refractivity (Wildman–Crippen MR) is 156 cm³/mol. The SMILES string of the molecule is CC1=C(C(=O)O)C(c2cccc(Cl)c2)N(CCCNCC(=O)c2ccc(N3C(=O)c4ccccc4C3=O)cc2)C(=O)N1. The van der Waals surface area contributed by atoms with Crippen molar-refractivity contribution in [2.45, 2.75) is 19.4 Å². The molecule has 0 fully saturated rings. The van der Waals surface area contributed by atoms with Crippen molar-refractivity contribution in [1.82, 2.24) is 15.5 Å². The lowest BCUT2D eigenvalue weighted by molar-refractivity contribution is -0.133. The Labute approximate surface area is 246 Å². The van der Waals surface area contributed by atoms with E-state index in [1.165, 1.54) is 4.90 Å². The molecule has 1 atom stereocenters. The highest BCUT2D eigenvalue weighted by atomic mass is 35.5. The van der Waals surface area contributed by atoms with Gasteiger partial charge in [0.2, 0.25) is 0 Å². The quantitative estimate of drug-likeness (QED) is 0.182. The number of hydrogen-bond donors (Lipinski definition) is 3. The summed E-state index contributed by atoms with van der Waals surface area (Å²) >= 11 is 6.15. The maximum Gasteiger partial charge on any atom is 0.335 e. The van der Waals surface area contributed by atoms with Crippen LogP contribution in [0.25, 0.3) is 0 Å². The molecule has 11 heteroatoms. The minimum atomic E-state index is -1.14. The molecule has 3 N–H and O–H groups in total. The fourth-order valence-corrected chi connectivity index (χ4v) is 5.41. The Kier molecular flexibility index (Phi) is 8.19. The van der Waals surface area contributed by atoms with Crippen LogP contribution in [0.1, 0.15) is 56.0 Å². The lowest BCUT2D eigenvalue weighted by atomic mass is 9.93. The van der Waals surface area contributed by atoms with E-state index in [9.17, 15) is 29.1 Å². The Morgan fingerprint density at radius 2 is 1.62 bits per heavy atom. The normalized spacial score (nSPS) is 16.5. The molecule has 0 saturated heterocycles. The van der Waals surface area contributed by atoms with Crippen LogP contribution in [0.2, 0.25) is 5.02 Å². The van der Waals surface area contributed by atoms with Crippen molar-refractivity contribution in [3.63, 3.8) is 0 Å². The number of urea groups is 1. The molecule has 0 radical (unpaired) electrons. The smallest absolute Gasteiger partial charge is 0.335 e. The average molecular weight is 587 g/mol. The van der Waals surface area contributed by atoms with Crippen LogP contribution < -0.4 is 15.5 Å². The van der Waals surface area contributed by atoms with E-state index in [0.717, 1.165) is 4.90 Å². The number of hydrogen-bond acceptors (Lipinski definition) is 6. The van der Waals surface area contributed by atoms with Gasteiger partial charge in [-0.25, -0.2) is 14.5 Å². The monoisotopic (exact) mass is 586 g/mol. The molecule has 214 valence electrons. The number of aliphatic carboxylic acids is 1. The summed E-state index contributed by atoms with van der Waals surface area (Å²) in [6, 6.07) is 18.4. The number of nitrogens with zero attached hydrogens (tertiary/aromatic N) is 2. The number of carboxylic acids is 1. The molecule has 0 saturated carbocycles. The zero-order chi connectivity index (χ0) is 30.0. The number of fused-ring (bicyclic) bond motifs is 1. The van der Waals surface area contributed by atoms with Crippen LogP contribution in [0.3, 0.4) is 0 Å². The summed E-state index contributed by atoms with van der Waals surface area (Å²) in [6.07, 6.45) is 0.447. The first-order valence-corrected chi connectivity index (χ1v) is 13.6. The molecule has 5 rings (SSSR count). The van der Waals surface area contributed by atoms with Crippen molar-refractivity contribution in [3.8, 4) is 0 Å². The summed E-state index contributed by atoms with van der Waals surface area (Å²) < 4.78 is 0. The summed E-state index contributed by atoms with van der Waals surface area (Å²) in [6.45, 7) is 2.19. The molecular weight excluding hydrogens is 560 g/mol. The molecule has 10 nitrogen and oxygen atoms in total. The van der Waals surface area contributed by atoms with E-state index >= 15 is 0 Å². The second-order valence-corrected chi connectivity index (χ2v) is 10.4. The largest absolute Gasteiger partial charge is 0.478 e. The first kappa shape index (κ1) is 28.7. The van der Waals surface area contributed by atoms with E-state index in [1.54, 1.807) is 79.7 Å². The van der Waals surface area contributed by atoms with Gasteiger partial charge in [-0.3, -0.25) is 14.4 Å². The van der Waals surface area contributed by atoms with Crippen LogP contribution >= 0.6 is 11.6 Å². The van der Waals surface area contributed by atoms with Gasteiger partial charge >= 0.3 is 12.0 Å². The lowest BCUT2D eigenvalue weighted by Gasteiger charge is -2.37. The number of benzene rings is 3. The molecule has 3 aromatic rings. The highest BCUT2D eigenvalue weighted by Gasteiger charge is 2.38. The van der Waals surface area contributed by atoms with Crippen LogP contribution in [0, 0.1) is 0 Å². The van der Waals surface area contributed by atoms with Crippen LogP contribution in [-0.4, -0.2) is 59.2 Å². The Balaban J connectivity index is 1.17. The summed E-state index contributed by atoms with van der Waals surface area (Å²) in [4.78, 5) is 65.7. The van der Waals surface area contributed by atoms with E-state index in [2.05, 4.69) is 10.6 Å². The van der Waals surface area contributed by atoms with Gasteiger partial charge in [0.25, 0.3) is 11.8 Å². The minimum absolute atomic E-state index is 0.0235. The highest BCUT2D eigenvalue weighted by molar-refractivity contribution is 6.34. The summed E-state index contributed by atoms with van der Waals surface area (Å²) in [5.41, 5.74) is 2.39. The third-order valence-corrected chi connectivity index (χ3v) is 7.45. The fraction of sp³-hybridized carbons (Fsp3) is 0.194. The van der Waals surface area contributed by atoms with E-state index < -0.39 is 29.9 Å². The number of halogens is 1. The van der Waals surface area contributed by atoms with Gasteiger partial charge in [-0.1, -0.05) is 35.9 Å². The zero-order valence-electron chi connectivity index (χ0n) is 22.6. The molecular formula is C31H27ClN4O6. The van der Waals surface area contributed by atoms with Crippen molar-refractivity contribution in [1.29, 1.82) is 0 Å². The van der Waals surface area contributed by atoms with Crippen molar-refractivity contribution in [2.75, 3.05) is 24.5 Å². The van der Waals surface area contributed by atoms with Crippen molar-refractivity contribution in [3.05, 3.63) is 111 Å². The first-order chi connectivity index (χ1) is 20.2. The van der Waals surface area contributed by atoms with Gasteiger partial charge in [0, 0.05) is 22.8 Å². The third kappa shape index (κ3) is 5.54. The number of carbonyl (C=O) groups excluding carboxylic acids is 4. The van der Waals surface area contributed by atoms with E-state index in [0.29, 0.717) is 45.9 Å². The fourth-order valence-electron chi connectivity index (χ4n) is 5.21. The Bertz CT molecular complexity index is 1600. The Hall–Kier alpha value is -4.80. The van der Waals surface area contributed by atoms with Crippen LogP contribution in [0.15, 0.2) is 84.1 Å². The second-order valence-electron chi connectivity index (χ2n) is 9.92. The van der Waals surface area contributed by atoms with Crippen molar-refractivity contribution >= 4 is 46.9 Å². The second kappa shape index (κ2) is 12.0. The molecule has 2 heterocycles. The molecule has 0 aliphatic carbocycles. The van der Waals surface area contributed by atoms with Gasteiger partial charge in [-0.05, 0) is 74.0 Å². The molecule has 0 bridgehead atoms. The number of nitrogens with one attached hydrogen (secondary N) is 2. The number of allylic oxidation sites excluding steroid dienone is 1. The number of imide groups is 1. The lowest BCUT2D eigenvalue weighted by Crippen LogP contribution is -2.49. The molecule has 0 spiro atoms. The number of carboxylic acid groups (broad SMARTS) is 1. The number of amides is 4.